The van der Waals surface area contributed by atoms with Crippen molar-refractivity contribution in [3.8, 4) is 44.5 Å². The zero-order valence-electron chi connectivity index (χ0n) is 13.5. The normalized spacial score (nSPS) is 11.4. The van der Waals surface area contributed by atoms with Crippen molar-refractivity contribution >= 4 is 0 Å². The van der Waals surface area contributed by atoms with E-state index >= 15 is 0 Å². The van der Waals surface area contributed by atoms with Gasteiger partial charge in [-0.25, -0.2) is 0 Å². The maximum atomic E-state index is 12.0. The lowest BCUT2D eigenvalue weighted by Gasteiger charge is -2.22. The summed E-state index contributed by atoms with van der Waals surface area (Å²) in [5.74, 6) is 0. The third-order valence-electron chi connectivity index (χ3n) is 4.88. The van der Waals surface area contributed by atoms with Gasteiger partial charge in [-0.3, -0.25) is 0 Å². The van der Waals surface area contributed by atoms with Crippen LogP contribution in [0.1, 0.15) is 0 Å². The molecule has 0 bridgehead atoms. The van der Waals surface area contributed by atoms with Gasteiger partial charge < -0.3 is 5.21 Å². The number of fused-ring (bicyclic) bond motifs is 8. The zero-order valence-corrected chi connectivity index (χ0v) is 13.5. The standard InChI is InChI=1S/C23H15NO/c25-24-14-13-22-20-11-4-3-9-18(20)16-7-1-2-8-17(16)19-10-5-6-12-21(19)23(22)15-24/h1-15H. The van der Waals surface area contributed by atoms with E-state index in [-0.39, 0.29) is 0 Å². The molecule has 3 aromatic carbocycles. The summed E-state index contributed by atoms with van der Waals surface area (Å²) in [5.41, 5.74) is 9.05. The van der Waals surface area contributed by atoms with Crippen LogP contribution in [-0.4, -0.2) is 0 Å². The van der Waals surface area contributed by atoms with E-state index < -0.39 is 0 Å². The third-order valence-corrected chi connectivity index (χ3v) is 4.88. The molecule has 0 saturated carbocycles. The quantitative estimate of drug-likeness (QED) is 0.281. The van der Waals surface area contributed by atoms with Gasteiger partial charge in [0.1, 0.15) is 0 Å². The first-order valence-electron chi connectivity index (χ1n) is 8.34. The second-order valence-corrected chi connectivity index (χ2v) is 6.27. The van der Waals surface area contributed by atoms with Gasteiger partial charge in [-0.15, -0.1) is 0 Å². The molecule has 0 amide bonds. The number of hydrogen-bond acceptors (Lipinski definition) is 1. The molecular formula is C23H15NO. The zero-order chi connectivity index (χ0) is 16.8. The van der Waals surface area contributed by atoms with Crippen molar-refractivity contribution in [3.63, 3.8) is 0 Å². The number of aromatic nitrogens is 1. The van der Waals surface area contributed by atoms with Crippen molar-refractivity contribution < 1.29 is 4.73 Å². The van der Waals surface area contributed by atoms with Crippen LogP contribution < -0.4 is 4.73 Å². The number of hydrogen-bond donors (Lipinski definition) is 0. The summed E-state index contributed by atoms with van der Waals surface area (Å²) in [6.07, 6.45) is 3.25. The second-order valence-electron chi connectivity index (χ2n) is 6.27. The smallest absolute Gasteiger partial charge is 0.188 e. The molecule has 25 heavy (non-hydrogen) atoms. The van der Waals surface area contributed by atoms with Crippen LogP contribution in [0.3, 0.4) is 0 Å². The van der Waals surface area contributed by atoms with Crippen LogP contribution in [0.2, 0.25) is 0 Å². The molecule has 0 radical (unpaired) electrons. The molecule has 0 fully saturated rings. The summed E-state index contributed by atoms with van der Waals surface area (Å²) in [7, 11) is 0. The van der Waals surface area contributed by atoms with E-state index in [2.05, 4.69) is 66.7 Å². The van der Waals surface area contributed by atoms with Crippen molar-refractivity contribution in [3.05, 3.63) is 96.5 Å². The molecule has 2 nitrogen and oxygen atoms in total. The Bertz CT molecular complexity index is 1110. The molecule has 4 aromatic rings. The van der Waals surface area contributed by atoms with Crippen molar-refractivity contribution in [1.82, 2.24) is 0 Å². The van der Waals surface area contributed by atoms with Crippen LogP contribution in [0.5, 0.6) is 0 Å². The van der Waals surface area contributed by atoms with Gasteiger partial charge in [0.25, 0.3) is 0 Å². The third kappa shape index (κ3) is 2.08. The number of pyridine rings is 1. The molecule has 1 aromatic heterocycles. The molecule has 1 heterocycles. The fraction of sp³-hybridized carbons (Fsp3) is 0. The van der Waals surface area contributed by atoms with Gasteiger partial charge in [0.15, 0.2) is 12.4 Å². The number of benzene rings is 3. The fourth-order valence-electron chi connectivity index (χ4n) is 3.79. The van der Waals surface area contributed by atoms with Crippen LogP contribution in [0.4, 0.5) is 0 Å². The minimum absolute atomic E-state index is 0.881. The summed E-state index contributed by atoms with van der Waals surface area (Å²) in [6.45, 7) is 0. The van der Waals surface area contributed by atoms with E-state index in [1.807, 2.05) is 12.1 Å². The van der Waals surface area contributed by atoms with Gasteiger partial charge in [-0.05, 0) is 33.4 Å². The predicted octanol–water partition coefficient (Wildman–Crippen LogP) is 5.30. The highest BCUT2D eigenvalue weighted by Crippen LogP contribution is 2.46. The molecule has 0 unspecified atom stereocenters. The van der Waals surface area contributed by atoms with E-state index in [0.29, 0.717) is 0 Å². The van der Waals surface area contributed by atoms with Crippen molar-refractivity contribution in [2.75, 3.05) is 0 Å². The van der Waals surface area contributed by atoms with Crippen LogP contribution in [-0.2, 0) is 0 Å². The summed E-state index contributed by atoms with van der Waals surface area (Å²) in [5, 5.41) is 12.0. The van der Waals surface area contributed by atoms with E-state index in [1.165, 1.54) is 16.7 Å². The molecule has 5 rings (SSSR count). The Morgan fingerprint density at radius 2 is 0.760 bits per heavy atom. The van der Waals surface area contributed by atoms with Crippen molar-refractivity contribution in [1.29, 1.82) is 0 Å². The van der Waals surface area contributed by atoms with Crippen LogP contribution in [0.15, 0.2) is 91.3 Å². The van der Waals surface area contributed by atoms with Gasteiger partial charge >= 0.3 is 0 Å². The molecule has 0 spiro atoms. The SMILES string of the molecule is [O-][n+]1ccc2c(c1)-c1ccccc1-c1ccccc1-c1ccccc1-2. The highest BCUT2D eigenvalue weighted by atomic mass is 16.5. The predicted molar refractivity (Wildman–Crippen MR) is 101 cm³/mol. The first-order valence-corrected chi connectivity index (χ1v) is 8.34. The summed E-state index contributed by atoms with van der Waals surface area (Å²) < 4.78 is 0.881. The maximum absolute atomic E-state index is 12.0. The molecule has 0 aliphatic heterocycles. The first-order chi connectivity index (χ1) is 12.3. The van der Waals surface area contributed by atoms with Gasteiger partial charge in [0.05, 0.1) is 5.56 Å². The summed E-state index contributed by atoms with van der Waals surface area (Å²) in [4.78, 5) is 0. The fourth-order valence-corrected chi connectivity index (χ4v) is 3.79. The van der Waals surface area contributed by atoms with Crippen LogP contribution in [0, 0.1) is 5.21 Å². The summed E-state index contributed by atoms with van der Waals surface area (Å²) >= 11 is 0. The highest BCUT2D eigenvalue weighted by Gasteiger charge is 2.22. The van der Waals surface area contributed by atoms with Crippen molar-refractivity contribution in [2.24, 2.45) is 0 Å². The van der Waals surface area contributed by atoms with E-state index in [9.17, 15) is 5.21 Å². The molecule has 1 aliphatic carbocycles. The summed E-state index contributed by atoms with van der Waals surface area (Å²) in [6, 6.07) is 27.1. The molecule has 0 saturated heterocycles. The van der Waals surface area contributed by atoms with Crippen molar-refractivity contribution in [2.45, 2.75) is 0 Å². The van der Waals surface area contributed by atoms with Gasteiger partial charge in [-0.2, -0.15) is 4.73 Å². The molecule has 2 heteroatoms. The van der Waals surface area contributed by atoms with Gasteiger partial charge in [0.2, 0.25) is 0 Å². The Hall–Kier alpha value is -3.39. The average molecular weight is 321 g/mol. The Labute approximate surface area is 146 Å². The Morgan fingerprint density at radius 3 is 1.16 bits per heavy atom. The lowest BCUT2D eigenvalue weighted by molar-refractivity contribution is -0.604. The molecule has 0 N–H and O–H groups in total. The van der Waals surface area contributed by atoms with Gasteiger partial charge in [0, 0.05) is 11.6 Å². The second kappa shape index (κ2) is 5.32. The van der Waals surface area contributed by atoms with Crippen LogP contribution >= 0.6 is 0 Å². The van der Waals surface area contributed by atoms with E-state index in [4.69, 9.17) is 0 Å². The highest BCUT2D eigenvalue weighted by molar-refractivity contribution is 6.02. The molecule has 0 atom stereocenters. The first kappa shape index (κ1) is 14.0. The molecular weight excluding hydrogens is 306 g/mol. The minimum Gasteiger partial charge on any atom is -0.619 e. The lowest BCUT2D eigenvalue weighted by Crippen LogP contribution is -2.24. The monoisotopic (exact) mass is 321 g/mol. The topological polar surface area (TPSA) is 26.9 Å². The molecule has 118 valence electrons. The van der Waals surface area contributed by atoms with Crippen LogP contribution in [0.25, 0.3) is 44.5 Å². The minimum atomic E-state index is 0.881. The number of rotatable bonds is 0. The molecule has 1 aliphatic rings. The van der Waals surface area contributed by atoms with E-state index in [0.717, 1.165) is 32.5 Å². The lowest BCUT2D eigenvalue weighted by atomic mass is 9.82. The Kier molecular flexibility index (Phi) is 2.98. The largest absolute Gasteiger partial charge is 0.619 e. The number of nitrogens with zero attached hydrogens (tertiary/aromatic N) is 1. The Morgan fingerprint density at radius 1 is 0.440 bits per heavy atom. The maximum Gasteiger partial charge on any atom is 0.188 e. The van der Waals surface area contributed by atoms with Gasteiger partial charge in [-0.1, -0.05) is 72.8 Å². The van der Waals surface area contributed by atoms with E-state index in [1.54, 1.807) is 12.4 Å². The Balaban J connectivity index is 2.01. The average Bonchev–Trinajstić information content (AvgIpc) is 2.67.